The molecule has 3 rings (SSSR count). The Morgan fingerprint density at radius 2 is 2.06 bits per heavy atom. The molecule has 0 spiro atoms. The number of methoxy groups -OCH3 is 1. The van der Waals surface area contributed by atoms with E-state index < -0.39 is 16.7 Å². The molecule has 1 heterocycles. The van der Waals surface area contributed by atoms with Gasteiger partial charge in [0.1, 0.15) is 15.8 Å². The molecule has 0 fully saturated rings. The summed E-state index contributed by atoms with van der Waals surface area (Å²) in [7, 11) is 1.54. The minimum atomic E-state index is -0.646. The average Bonchev–Trinajstić information content (AvgIpc) is 3.20. The number of nitro benzene ring substituents is 1. The van der Waals surface area contributed by atoms with Crippen LogP contribution >= 0.6 is 22.9 Å². The summed E-state index contributed by atoms with van der Waals surface area (Å²) < 4.78 is 5.20. The van der Waals surface area contributed by atoms with Gasteiger partial charge in [-0.25, -0.2) is 5.43 Å². The van der Waals surface area contributed by atoms with Gasteiger partial charge in [-0.1, -0.05) is 35.1 Å². The molecule has 0 aliphatic carbocycles. The molecule has 0 bridgehead atoms. The average molecular weight is 475 g/mol. The maximum Gasteiger partial charge on any atom is 0.287 e. The van der Waals surface area contributed by atoms with E-state index in [1.807, 2.05) is 12.1 Å². The van der Waals surface area contributed by atoms with Gasteiger partial charge in [0.05, 0.1) is 24.7 Å². The second-order valence-corrected chi connectivity index (χ2v) is 7.56. The van der Waals surface area contributed by atoms with Crippen molar-refractivity contribution in [3.05, 3.63) is 73.7 Å². The van der Waals surface area contributed by atoms with Crippen molar-refractivity contribution in [2.45, 2.75) is 6.42 Å². The van der Waals surface area contributed by atoms with Crippen LogP contribution in [0.5, 0.6) is 5.75 Å². The Bertz CT molecular complexity index is 1200. The maximum absolute atomic E-state index is 12.3. The third-order valence-electron chi connectivity index (χ3n) is 3.94. The van der Waals surface area contributed by atoms with Gasteiger partial charge in [-0.2, -0.15) is 5.10 Å². The summed E-state index contributed by atoms with van der Waals surface area (Å²) >= 11 is 6.82. The van der Waals surface area contributed by atoms with Crippen LogP contribution in [-0.2, 0) is 11.2 Å². The van der Waals surface area contributed by atoms with E-state index in [-0.39, 0.29) is 27.8 Å². The number of nitrogens with one attached hydrogen (secondary N) is 2. The predicted octanol–water partition coefficient (Wildman–Crippen LogP) is 3.05. The van der Waals surface area contributed by atoms with E-state index >= 15 is 0 Å². The number of ether oxygens (including phenoxy) is 1. The first-order chi connectivity index (χ1) is 15.4. The zero-order chi connectivity index (χ0) is 23.1. The lowest BCUT2D eigenvalue weighted by Gasteiger charge is -2.03. The Balaban J connectivity index is 1.55. The lowest BCUT2D eigenvalue weighted by Crippen LogP contribution is -2.19. The van der Waals surface area contributed by atoms with E-state index in [4.69, 9.17) is 16.3 Å². The highest BCUT2D eigenvalue weighted by Gasteiger charge is 2.17. The molecule has 32 heavy (non-hydrogen) atoms. The molecule has 2 amide bonds. The van der Waals surface area contributed by atoms with Crippen molar-refractivity contribution in [1.29, 1.82) is 0 Å². The molecule has 0 saturated heterocycles. The minimum Gasteiger partial charge on any atom is -0.496 e. The zero-order valence-electron chi connectivity index (χ0n) is 16.4. The number of rotatable bonds is 8. The fourth-order valence-electron chi connectivity index (χ4n) is 2.46. The van der Waals surface area contributed by atoms with Crippen LogP contribution in [-0.4, -0.2) is 40.3 Å². The van der Waals surface area contributed by atoms with Crippen molar-refractivity contribution >= 4 is 51.8 Å². The van der Waals surface area contributed by atoms with Gasteiger partial charge in [-0.3, -0.25) is 25.0 Å². The first kappa shape index (κ1) is 22.8. The summed E-state index contributed by atoms with van der Waals surface area (Å²) in [5.74, 6) is -0.382. The Hall–Kier alpha value is -3.90. The summed E-state index contributed by atoms with van der Waals surface area (Å²) in [6, 6.07) is 10.8. The van der Waals surface area contributed by atoms with E-state index in [0.29, 0.717) is 16.3 Å². The van der Waals surface area contributed by atoms with E-state index in [0.717, 1.165) is 17.4 Å². The molecule has 164 valence electrons. The Morgan fingerprint density at radius 3 is 2.78 bits per heavy atom. The second kappa shape index (κ2) is 10.4. The first-order valence-corrected chi connectivity index (χ1v) is 10.1. The van der Waals surface area contributed by atoms with Gasteiger partial charge in [0.2, 0.25) is 11.0 Å². The summed E-state index contributed by atoms with van der Waals surface area (Å²) in [5, 5.41) is 25.2. The smallest absolute Gasteiger partial charge is 0.287 e. The topological polar surface area (TPSA) is 149 Å². The number of nitro groups is 1. The molecule has 2 aromatic carbocycles. The molecule has 2 N–H and O–H groups in total. The predicted molar refractivity (Wildman–Crippen MR) is 118 cm³/mol. The van der Waals surface area contributed by atoms with Crippen LogP contribution in [0.3, 0.4) is 0 Å². The van der Waals surface area contributed by atoms with Crippen molar-refractivity contribution in [3.8, 4) is 5.75 Å². The highest BCUT2D eigenvalue weighted by Crippen LogP contribution is 2.25. The number of hydrazone groups is 1. The number of amides is 2. The van der Waals surface area contributed by atoms with Gasteiger partial charge in [0, 0.05) is 17.2 Å². The van der Waals surface area contributed by atoms with E-state index in [9.17, 15) is 19.7 Å². The number of benzene rings is 2. The molecule has 0 unspecified atom stereocenters. The van der Waals surface area contributed by atoms with Crippen molar-refractivity contribution in [1.82, 2.24) is 15.6 Å². The van der Waals surface area contributed by atoms with Gasteiger partial charge >= 0.3 is 0 Å². The zero-order valence-corrected chi connectivity index (χ0v) is 18.0. The van der Waals surface area contributed by atoms with Crippen molar-refractivity contribution in [2.75, 3.05) is 12.4 Å². The van der Waals surface area contributed by atoms with E-state index in [2.05, 4.69) is 26.0 Å². The van der Waals surface area contributed by atoms with Crippen LogP contribution in [0.4, 0.5) is 10.8 Å². The number of aromatic nitrogens is 2. The molecule has 0 radical (unpaired) electrons. The fraction of sp³-hybridized carbons (Fsp3) is 0.105. The van der Waals surface area contributed by atoms with Crippen LogP contribution < -0.4 is 15.5 Å². The highest BCUT2D eigenvalue weighted by molar-refractivity contribution is 7.15. The molecular weight excluding hydrogens is 460 g/mol. The molecule has 11 nitrogen and oxygen atoms in total. The van der Waals surface area contributed by atoms with Crippen LogP contribution in [0.1, 0.15) is 20.9 Å². The van der Waals surface area contributed by atoms with E-state index in [1.54, 1.807) is 12.1 Å². The van der Waals surface area contributed by atoms with Crippen LogP contribution in [0.25, 0.3) is 0 Å². The minimum absolute atomic E-state index is 0.0971. The Morgan fingerprint density at radius 1 is 1.28 bits per heavy atom. The number of nitrogens with zero attached hydrogens (tertiary/aromatic N) is 4. The lowest BCUT2D eigenvalue weighted by atomic mass is 10.2. The van der Waals surface area contributed by atoms with Crippen molar-refractivity contribution in [3.63, 3.8) is 0 Å². The number of carbonyl (C=O) groups excluding carboxylic acids is 2. The molecule has 1 aromatic heterocycles. The van der Waals surface area contributed by atoms with Gasteiger partial charge in [-0.15, -0.1) is 10.2 Å². The molecule has 3 aromatic rings. The standard InChI is InChI=1S/C19H15ClN6O5S/c1-31-15-5-3-2-4-12(15)10-21-23-16(27)9-17-24-25-19(32-17)22-18(28)11-6-7-14(26(29)30)13(20)8-11/h2-8,10H,9H2,1H3,(H,23,27)(H,22,25,28)/b21-10-. The second-order valence-electron chi connectivity index (χ2n) is 6.09. The lowest BCUT2D eigenvalue weighted by molar-refractivity contribution is -0.384. The molecule has 13 heteroatoms. The monoisotopic (exact) mass is 474 g/mol. The van der Waals surface area contributed by atoms with Crippen LogP contribution in [0.2, 0.25) is 5.02 Å². The van der Waals surface area contributed by atoms with Crippen molar-refractivity contribution in [2.24, 2.45) is 5.10 Å². The normalized spacial score (nSPS) is 10.7. The van der Waals surface area contributed by atoms with Crippen molar-refractivity contribution < 1.29 is 19.2 Å². The summed E-state index contributed by atoms with van der Waals surface area (Å²) in [6.45, 7) is 0. The van der Waals surface area contributed by atoms with Gasteiger partial charge in [0.25, 0.3) is 11.6 Å². The molecule has 0 aliphatic heterocycles. The molecule has 0 aliphatic rings. The number of halogens is 1. The van der Waals surface area contributed by atoms with Crippen LogP contribution in [0, 0.1) is 10.1 Å². The highest BCUT2D eigenvalue weighted by atomic mass is 35.5. The number of carbonyl (C=O) groups is 2. The van der Waals surface area contributed by atoms with Gasteiger partial charge < -0.3 is 4.74 Å². The van der Waals surface area contributed by atoms with Gasteiger partial charge in [-0.05, 0) is 24.3 Å². The van der Waals surface area contributed by atoms with E-state index in [1.165, 1.54) is 25.5 Å². The third kappa shape index (κ3) is 5.83. The Kier molecular flexibility index (Phi) is 7.41. The van der Waals surface area contributed by atoms with Crippen LogP contribution in [0.15, 0.2) is 47.6 Å². The third-order valence-corrected chi connectivity index (χ3v) is 5.08. The quantitative estimate of drug-likeness (QED) is 0.289. The van der Waals surface area contributed by atoms with Gasteiger partial charge in [0.15, 0.2) is 0 Å². The fourth-order valence-corrected chi connectivity index (χ4v) is 3.45. The Labute approximate surface area is 190 Å². The SMILES string of the molecule is COc1ccccc1/C=N\NC(=O)Cc1nnc(NC(=O)c2ccc([N+](=O)[O-])c(Cl)c2)s1. The summed E-state index contributed by atoms with van der Waals surface area (Å²) in [4.78, 5) is 34.5. The first-order valence-electron chi connectivity index (χ1n) is 8.90. The number of para-hydroxylation sites is 1. The number of hydrogen-bond donors (Lipinski definition) is 2. The molecule has 0 atom stereocenters. The molecular formula is C19H15ClN6O5S. The largest absolute Gasteiger partial charge is 0.496 e. The summed E-state index contributed by atoms with van der Waals surface area (Å²) in [6.07, 6.45) is 1.36. The number of anilines is 1. The molecule has 0 saturated carbocycles. The number of hydrogen-bond acceptors (Lipinski definition) is 9. The summed E-state index contributed by atoms with van der Waals surface area (Å²) in [5.41, 5.74) is 2.89. The maximum atomic E-state index is 12.3.